The number of carbonyl (C=O) groups excluding carboxylic acids is 2. The van der Waals surface area contributed by atoms with E-state index >= 15 is 0 Å². The number of hydrogen-bond donors (Lipinski definition) is 0. The molecule has 2 aromatic rings. The first-order valence-corrected chi connectivity index (χ1v) is 10.9. The van der Waals surface area contributed by atoms with Crippen molar-refractivity contribution in [1.82, 2.24) is 4.90 Å². The molecule has 29 heavy (non-hydrogen) atoms. The number of amides is 2. The third-order valence-electron chi connectivity index (χ3n) is 5.52. The van der Waals surface area contributed by atoms with Crippen LogP contribution in [0.1, 0.15) is 37.0 Å². The molecule has 152 valence electrons. The Bertz CT molecular complexity index is 977. The summed E-state index contributed by atoms with van der Waals surface area (Å²) >= 11 is 1.51. The van der Waals surface area contributed by atoms with Crippen molar-refractivity contribution < 1.29 is 14.0 Å². The molecule has 1 saturated heterocycles. The van der Waals surface area contributed by atoms with Crippen LogP contribution in [-0.4, -0.2) is 29.0 Å². The highest BCUT2D eigenvalue weighted by atomic mass is 32.2. The smallest absolute Gasteiger partial charge is 0.268 e. The fraction of sp³-hybridized carbons (Fsp3) is 0.391. The van der Waals surface area contributed by atoms with Crippen LogP contribution in [0.4, 0.5) is 10.1 Å². The summed E-state index contributed by atoms with van der Waals surface area (Å²) in [5.41, 5.74) is 3.11. The van der Waals surface area contributed by atoms with Gasteiger partial charge in [0, 0.05) is 29.8 Å². The Morgan fingerprint density at radius 2 is 2.00 bits per heavy atom. The maximum atomic E-state index is 14.3. The second-order valence-electron chi connectivity index (χ2n) is 8.14. The van der Waals surface area contributed by atoms with Crippen LogP contribution in [0.2, 0.25) is 0 Å². The molecule has 0 N–H and O–H groups in total. The lowest BCUT2D eigenvalue weighted by atomic mass is 10.0. The Labute approximate surface area is 175 Å². The van der Waals surface area contributed by atoms with E-state index in [1.54, 1.807) is 28.0 Å². The van der Waals surface area contributed by atoms with E-state index in [0.29, 0.717) is 24.3 Å². The summed E-state index contributed by atoms with van der Waals surface area (Å²) in [5.74, 6) is 0.436. The van der Waals surface area contributed by atoms with Gasteiger partial charge in [0.1, 0.15) is 5.82 Å². The third-order valence-corrected chi connectivity index (χ3v) is 6.94. The van der Waals surface area contributed by atoms with Crippen LogP contribution in [0, 0.1) is 18.7 Å². The molecule has 4 rings (SSSR count). The van der Waals surface area contributed by atoms with Crippen LogP contribution >= 0.6 is 11.8 Å². The minimum Gasteiger partial charge on any atom is -0.315 e. The molecule has 0 aliphatic carbocycles. The molecule has 0 unspecified atom stereocenters. The third kappa shape index (κ3) is 3.23. The summed E-state index contributed by atoms with van der Waals surface area (Å²) in [6, 6.07) is 12.4. The lowest BCUT2D eigenvalue weighted by Crippen LogP contribution is -2.50. The van der Waals surface area contributed by atoms with Gasteiger partial charge in [0.15, 0.2) is 4.87 Å². The van der Waals surface area contributed by atoms with Gasteiger partial charge in [-0.05, 0) is 25.0 Å². The summed E-state index contributed by atoms with van der Waals surface area (Å²) in [6.07, 6.45) is 0.407. The molecule has 1 atom stereocenters. The highest BCUT2D eigenvalue weighted by Crippen LogP contribution is 2.54. The molecule has 0 saturated carbocycles. The fourth-order valence-electron chi connectivity index (χ4n) is 4.20. The largest absolute Gasteiger partial charge is 0.315 e. The molecule has 4 nitrogen and oxygen atoms in total. The van der Waals surface area contributed by atoms with E-state index in [9.17, 15) is 14.0 Å². The normalized spacial score (nSPS) is 20.8. The van der Waals surface area contributed by atoms with Crippen molar-refractivity contribution in [1.29, 1.82) is 0 Å². The average Bonchev–Trinajstić information content (AvgIpc) is 3.20. The van der Waals surface area contributed by atoms with Gasteiger partial charge in [-0.2, -0.15) is 0 Å². The fourth-order valence-corrected chi connectivity index (χ4v) is 5.67. The minimum absolute atomic E-state index is 0.00134. The zero-order valence-corrected chi connectivity index (χ0v) is 17.8. The standard InChI is InChI=1S/C23H25FN2O2S/c1-15(2)12-21(27)26-10-11-29-23(26)18-13-16(3)8-9-20(18)25(22(23)28)14-17-6-4-5-7-19(17)24/h4-9,13,15H,10-12,14H2,1-3H3/t23-/m1/s1. The molecule has 0 bridgehead atoms. The first-order valence-electron chi connectivity index (χ1n) is 9.95. The van der Waals surface area contributed by atoms with E-state index in [1.165, 1.54) is 17.8 Å². The van der Waals surface area contributed by atoms with E-state index in [2.05, 4.69) is 0 Å². The van der Waals surface area contributed by atoms with E-state index in [0.717, 1.165) is 16.8 Å². The first-order chi connectivity index (χ1) is 13.8. The topological polar surface area (TPSA) is 40.6 Å². The van der Waals surface area contributed by atoms with Gasteiger partial charge in [0.25, 0.3) is 5.91 Å². The van der Waals surface area contributed by atoms with Crippen molar-refractivity contribution in [3.8, 4) is 0 Å². The van der Waals surface area contributed by atoms with E-state index < -0.39 is 4.87 Å². The Morgan fingerprint density at radius 3 is 2.72 bits per heavy atom. The summed E-state index contributed by atoms with van der Waals surface area (Å²) in [7, 11) is 0. The number of thioether (sulfide) groups is 1. The van der Waals surface area contributed by atoms with Crippen molar-refractivity contribution in [2.75, 3.05) is 17.2 Å². The van der Waals surface area contributed by atoms with Crippen molar-refractivity contribution in [3.63, 3.8) is 0 Å². The second-order valence-corrected chi connectivity index (χ2v) is 9.43. The van der Waals surface area contributed by atoms with E-state index in [1.807, 2.05) is 39.0 Å². The van der Waals surface area contributed by atoms with Crippen LogP contribution in [-0.2, 0) is 21.0 Å². The molecule has 2 aromatic carbocycles. The maximum Gasteiger partial charge on any atom is 0.268 e. The van der Waals surface area contributed by atoms with Gasteiger partial charge < -0.3 is 9.80 Å². The van der Waals surface area contributed by atoms with Crippen LogP contribution in [0.15, 0.2) is 42.5 Å². The molecule has 2 aliphatic rings. The van der Waals surface area contributed by atoms with Crippen LogP contribution in [0.3, 0.4) is 0 Å². The number of rotatable bonds is 4. The highest BCUT2D eigenvalue weighted by molar-refractivity contribution is 8.01. The first kappa shape index (κ1) is 20.0. The number of aryl methyl sites for hydroxylation is 1. The Morgan fingerprint density at radius 1 is 1.24 bits per heavy atom. The molecule has 2 heterocycles. The predicted octanol–water partition coefficient (Wildman–Crippen LogP) is 4.46. The Balaban J connectivity index is 1.80. The Kier molecular flexibility index (Phi) is 5.15. The SMILES string of the molecule is Cc1ccc2c(c1)[C@@]1(SCCN1C(=O)CC(C)C)C(=O)N2Cc1ccccc1F. The lowest BCUT2D eigenvalue weighted by molar-refractivity contribution is -0.140. The van der Waals surface area contributed by atoms with Crippen molar-refractivity contribution in [2.45, 2.75) is 38.6 Å². The average molecular weight is 413 g/mol. The number of halogens is 1. The number of anilines is 1. The second kappa shape index (κ2) is 7.48. The summed E-state index contributed by atoms with van der Waals surface area (Å²) in [4.78, 5) is 29.2. The number of hydrogen-bond acceptors (Lipinski definition) is 3. The van der Waals surface area contributed by atoms with Gasteiger partial charge in [0.05, 0.1) is 12.2 Å². The minimum atomic E-state index is -1.04. The number of carbonyl (C=O) groups is 2. The van der Waals surface area contributed by atoms with E-state index in [4.69, 9.17) is 0 Å². The molecule has 6 heteroatoms. The highest BCUT2D eigenvalue weighted by Gasteiger charge is 2.59. The monoisotopic (exact) mass is 412 g/mol. The molecule has 1 spiro atoms. The zero-order valence-electron chi connectivity index (χ0n) is 16.9. The molecule has 2 amide bonds. The molecular formula is C23H25FN2O2S. The summed E-state index contributed by atoms with van der Waals surface area (Å²) in [6.45, 7) is 6.69. The zero-order chi connectivity index (χ0) is 20.8. The van der Waals surface area contributed by atoms with Gasteiger partial charge >= 0.3 is 0 Å². The van der Waals surface area contributed by atoms with Crippen LogP contribution < -0.4 is 4.90 Å². The molecule has 2 aliphatic heterocycles. The van der Waals surface area contributed by atoms with Gasteiger partial charge in [-0.3, -0.25) is 9.59 Å². The Hall–Kier alpha value is -2.34. The van der Waals surface area contributed by atoms with E-state index in [-0.39, 0.29) is 30.1 Å². The predicted molar refractivity (Wildman–Crippen MR) is 114 cm³/mol. The van der Waals surface area contributed by atoms with Crippen molar-refractivity contribution >= 4 is 29.3 Å². The van der Waals surface area contributed by atoms with Crippen molar-refractivity contribution in [2.24, 2.45) is 5.92 Å². The maximum absolute atomic E-state index is 14.3. The van der Waals surface area contributed by atoms with Crippen LogP contribution in [0.25, 0.3) is 0 Å². The lowest BCUT2D eigenvalue weighted by Gasteiger charge is -2.33. The van der Waals surface area contributed by atoms with Crippen molar-refractivity contribution in [3.05, 3.63) is 65.0 Å². The van der Waals surface area contributed by atoms with Gasteiger partial charge in [-0.25, -0.2) is 4.39 Å². The molecule has 0 aromatic heterocycles. The van der Waals surface area contributed by atoms with Gasteiger partial charge in [0.2, 0.25) is 5.91 Å². The quantitative estimate of drug-likeness (QED) is 0.745. The van der Waals surface area contributed by atoms with Gasteiger partial charge in [-0.1, -0.05) is 49.7 Å². The molecule has 0 radical (unpaired) electrons. The van der Waals surface area contributed by atoms with Crippen LogP contribution in [0.5, 0.6) is 0 Å². The summed E-state index contributed by atoms with van der Waals surface area (Å²) < 4.78 is 14.3. The molecular weight excluding hydrogens is 387 g/mol. The number of nitrogens with zero attached hydrogens (tertiary/aromatic N) is 2. The number of benzene rings is 2. The molecule has 1 fully saturated rings. The number of fused-ring (bicyclic) bond motifs is 2. The summed E-state index contributed by atoms with van der Waals surface area (Å²) in [5, 5.41) is 0. The van der Waals surface area contributed by atoms with Gasteiger partial charge in [-0.15, -0.1) is 11.8 Å².